The number of methoxy groups -OCH3 is 1. The van der Waals surface area contributed by atoms with Crippen LogP contribution in [0.25, 0.3) is 22.7 Å². The molecule has 0 radical (unpaired) electrons. The Labute approximate surface area is 204 Å². The van der Waals surface area contributed by atoms with Gasteiger partial charge in [0.25, 0.3) is 0 Å². The minimum absolute atomic E-state index is 0.0373. The van der Waals surface area contributed by atoms with Crippen molar-refractivity contribution in [2.75, 3.05) is 7.11 Å². The van der Waals surface area contributed by atoms with Gasteiger partial charge in [-0.3, -0.25) is 0 Å². The Balaban J connectivity index is 1.77. The smallest absolute Gasteiger partial charge is 0.339 e. The van der Waals surface area contributed by atoms with E-state index in [1.807, 2.05) is 31.2 Å². The van der Waals surface area contributed by atoms with E-state index in [4.69, 9.17) is 8.92 Å². The zero-order chi connectivity index (χ0) is 25.0. The molecule has 0 saturated carbocycles. The van der Waals surface area contributed by atoms with E-state index in [0.717, 1.165) is 16.6 Å². The summed E-state index contributed by atoms with van der Waals surface area (Å²) in [7, 11) is -2.67. The van der Waals surface area contributed by atoms with Crippen molar-refractivity contribution in [3.8, 4) is 17.6 Å². The monoisotopic (exact) mass is 485 g/mol. The van der Waals surface area contributed by atoms with E-state index >= 15 is 0 Å². The summed E-state index contributed by atoms with van der Waals surface area (Å²) in [5.74, 6) is 0.723. The van der Waals surface area contributed by atoms with Crippen molar-refractivity contribution >= 4 is 32.8 Å². The topological polar surface area (TPSA) is 105 Å². The summed E-state index contributed by atoms with van der Waals surface area (Å²) in [6, 6.07) is 19.4. The summed E-state index contributed by atoms with van der Waals surface area (Å²) < 4.78 is 36.9. The first-order chi connectivity index (χ1) is 16.8. The molecular formula is C27H23N3O4S. The lowest BCUT2D eigenvalue weighted by atomic mass is 10.0. The molecule has 3 aromatic carbocycles. The normalized spacial score (nSPS) is 11.7. The molecule has 0 spiro atoms. The van der Waals surface area contributed by atoms with E-state index in [1.165, 1.54) is 19.2 Å². The number of ether oxygens (including phenoxy) is 1. The second kappa shape index (κ2) is 9.87. The van der Waals surface area contributed by atoms with Crippen molar-refractivity contribution in [3.05, 3.63) is 95.8 Å². The van der Waals surface area contributed by atoms with Gasteiger partial charge in [0.2, 0.25) is 0 Å². The van der Waals surface area contributed by atoms with Gasteiger partial charge in [0, 0.05) is 5.56 Å². The summed E-state index contributed by atoms with van der Waals surface area (Å²) in [6.07, 6.45) is 3.62. The van der Waals surface area contributed by atoms with Crippen molar-refractivity contribution in [1.29, 1.82) is 5.26 Å². The number of allylic oxidation sites excluding steroid dienone is 2. The van der Waals surface area contributed by atoms with Gasteiger partial charge < -0.3 is 13.9 Å². The lowest BCUT2D eigenvalue weighted by Gasteiger charge is -2.16. The Morgan fingerprint density at radius 2 is 1.91 bits per heavy atom. The number of nitrogens with one attached hydrogen (secondary N) is 1. The van der Waals surface area contributed by atoms with Gasteiger partial charge in [0.1, 0.15) is 16.8 Å². The van der Waals surface area contributed by atoms with Gasteiger partial charge in [-0.1, -0.05) is 35.9 Å². The first-order valence-corrected chi connectivity index (χ1v) is 12.2. The highest BCUT2D eigenvalue weighted by Gasteiger charge is 2.22. The van der Waals surface area contributed by atoms with Crippen LogP contribution in [-0.2, 0) is 16.5 Å². The molecule has 0 saturated heterocycles. The van der Waals surface area contributed by atoms with E-state index in [2.05, 4.69) is 22.6 Å². The maximum Gasteiger partial charge on any atom is 0.339 e. The van der Waals surface area contributed by atoms with Gasteiger partial charge in [0.05, 0.1) is 23.7 Å². The van der Waals surface area contributed by atoms with E-state index in [-0.39, 0.29) is 16.4 Å². The van der Waals surface area contributed by atoms with Gasteiger partial charge in [0.15, 0.2) is 11.5 Å². The molecule has 0 amide bonds. The number of aryl methyl sites for hydroxylation is 1. The number of hydrogen-bond donors (Lipinski definition) is 1. The number of hydrogen-bond acceptors (Lipinski definition) is 6. The van der Waals surface area contributed by atoms with Crippen molar-refractivity contribution in [2.45, 2.75) is 18.2 Å². The fraction of sp³-hybridized carbons (Fsp3) is 0.111. The summed E-state index contributed by atoms with van der Waals surface area (Å²) in [4.78, 5) is 7.67. The molecule has 35 heavy (non-hydrogen) atoms. The largest absolute Gasteiger partial charge is 0.493 e. The number of para-hydroxylation sites is 2. The van der Waals surface area contributed by atoms with Crippen LogP contribution >= 0.6 is 0 Å². The molecule has 0 aliphatic rings. The summed E-state index contributed by atoms with van der Waals surface area (Å²) >= 11 is 0. The Morgan fingerprint density at radius 3 is 2.57 bits per heavy atom. The molecule has 0 fully saturated rings. The Morgan fingerprint density at radius 1 is 1.17 bits per heavy atom. The van der Waals surface area contributed by atoms with Crippen LogP contribution in [0, 0.1) is 18.3 Å². The van der Waals surface area contributed by atoms with Crippen LogP contribution in [0.15, 0.2) is 78.2 Å². The molecule has 4 rings (SSSR count). The van der Waals surface area contributed by atoms with E-state index in [0.29, 0.717) is 28.9 Å². The van der Waals surface area contributed by atoms with Crippen LogP contribution in [0.5, 0.6) is 11.5 Å². The first-order valence-electron chi connectivity index (χ1n) is 10.7. The van der Waals surface area contributed by atoms with Gasteiger partial charge >= 0.3 is 10.1 Å². The number of imidazole rings is 1. The fourth-order valence-electron chi connectivity index (χ4n) is 3.58. The molecule has 0 unspecified atom stereocenters. The maximum atomic E-state index is 12.9. The third-order valence-corrected chi connectivity index (χ3v) is 6.55. The van der Waals surface area contributed by atoms with Gasteiger partial charge in [-0.2, -0.15) is 13.7 Å². The number of nitriles is 1. The quantitative estimate of drug-likeness (QED) is 0.202. The van der Waals surface area contributed by atoms with Gasteiger partial charge in [-0.15, -0.1) is 6.58 Å². The highest BCUT2D eigenvalue weighted by molar-refractivity contribution is 7.87. The predicted molar refractivity (Wildman–Crippen MR) is 135 cm³/mol. The molecule has 4 aromatic rings. The highest BCUT2D eigenvalue weighted by atomic mass is 32.2. The van der Waals surface area contributed by atoms with Crippen LogP contribution in [0.3, 0.4) is 0 Å². The third-order valence-electron chi connectivity index (χ3n) is 5.32. The SMILES string of the molecule is C=CCc1cc(/C=C(\C#N)c2nc3ccccc3[nH]2)cc(OC)c1OS(=O)(=O)c1ccc(C)cc1. The molecule has 1 N–H and O–H groups in total. The van der Waals surface area contributed by atoms with Crippen LogP contribution in [-0.4, -0.2) is 25.5 Å². The molecule has 0 aliphatic carbocycles. The number of benzene rings is 3. The fourth-order valence-corrected chi connectivity index (χ4v) is 4.56. The summed E-state index contributed by atoms with van der Waals surface area (Å²) in [5.41, 5.74) is 3.98. The number of aromatic amines is 1. The minimum atomic E-state index is -4.10. The molecule has 1 heterocycles. The molecule has 0 aliphatic heterocycles. The molecule has 8 heteroatoms. The first kappa shape index (κ1) is 23.8. The van der Waals surface area contributed by atoms with Crippen molar-refractivity contribution in [3.63, 3.8) is 0 Å². The molecule has 7 nitrogen and oxygen atoms in total. The minimum Gasteiger partial charge on any atom is -0.493 e. The van der Waals surface area contributed by atoms with Gasteiger partial charge in [-0.05, 0) is 61.4 Å². The van der Waals surface area contributed by atoms with Crippen LogP contribution in [0.1, 0.15) is 22.5 Å². The number of rotatable bonds is 8. The molecule has 1 aromatic heterocycles. The number of H-pyrrole nitrogens is 1. The second-order valence-corrected chi connectivity index (χ2v) is 9.37. The highest BCUT2D eigenvalue weighted by Crippen LogP contribution is 2.37. The van der Waals surface area contributed by atoms with Crippen molar-refractivity contribution < 1.29 is 17.3 Å². The Bertz CT molecular complexity index is 1540. The maximum absolute atomic E-state index is 12.9. The van der Waals surface area contributed by atoms with Crippen LogP contribution < -0.4 is 8.92 Å². The Hall–Kier alpha value is -4.35. The lowest BCUT2D eigenvalue weighted by molar-refractivity contribution is 0.389. The number of nitrogens with zero attached hydrogens (tertiary/aromatic N) is 2. The third kappa shape index (κ3) is 5.10. The van der Waals surface area contributed by atoms with Gasteiger partial charge in [-0.25, -0.2) is 4.98 Å². The molecule has 0 bridgehead atoms. The lowest BCUT2D eigenvalue weighted by Crippen LogP contribution is -2.12. The number of aromatic nitrogens is 2. The molecular weight excluding hydrogens is 462 g/mol. The average Bonchev–Trinajstić information content (AvgIpc) is 3.28. The number of fused-ring (bicyclic) bond motifs is 1. The van der Waals surface area contributed by atoms with Crippen molar-refractivity contribution in [2.24, 2.45) is 0 Å². The Kier molecular flexibility index (Phi) is 6.71. The second-order valence-electron chi connectivity index (χ2n) is 7.83. The van der Waals surface area contributed by atoms with E-state index in [9.17, 15) is 13.7 Å². The zero-order valence-electron chi connectivity index (χ0n) is 19.3. The average molecular weight is 486 g/mol. The van der Waals surface area contributed by atoms with E-state index < -0.39 is 10.1 Å². The molecule has 176 valence electrons. The van der Waals surface area contributed by atoms with Crippen molar-refractivity contribution in [1.82, 2.24) is 9.97 Å². The van der Waals surface area contributed by atoms with Crippen LogP contribution in [0.2, 0.25) is 0 Å². The summed E-state index contributed by atoms with van der Waals surface area (Å²) in [6.45, 7) is 5.64. The van der Waals surface area contributed by atoms with E-state index in [1.54, 1.807) is 36.4 Å². The molecule has 0 atom stereocenters. The predicted octanol–water partition coefficient (Wildman–Crippen LogP) is 5.44. The summed E-state index contributed by atoms with van der Waals surface area (Å²) in [5, 5.41) is 9.79. The van der Waals surface area contributed by atoms with Crippen LogP contribution in [0.4, 0.5) is 0 Å². The zero-order valence-corrected chi connectivity index (χ0v) is 20.1. The standard InChI is InChI=1S/C27H23N3O4S/c1-4-7-20-14-19(15-21(17-28)27-29-23-8-5-6-9-24(23)30-27)16-25(33-3)26(20)34-35(31,32)22-12-10-18(2)11-13-22/h4-6,8-16H,1,7H2,2-3H3,(H,29,30)/b21-15+.